The van der Waals surface area contributed by atoms with E-state index in [0.717, 1.165) is 18.7 Å². The molecule has 5 nitrogen and oxygen atoms in total. The molecule has 0 atom stereocenters. The summed E-state index contributed by atoms with van der Waals surface area (Å²) in [6.07, 6.45) is 2.67. The maximum atomic E-state index is 11.2. The lowest BCUT2D eigenvalue weighted by Crippen LogP contribution is -2.28. The van der Waals surface area contributed by atoms with Gasteiger partial charge in [-0.1, -0.05) is 0 Å². The standard InChI is InChI=1S/C11H19N3O2/c1-9(2)16-11(15)8-12-6-4-10-5-7-14(3)13-10/h5,7,9,12H,4,6,8H2,1-3H3. The van der Waals surface area contributed by atoms with E-state index in [0.29, 0.717) is 0 Å². The van der Waals surface area contributed by atoms with E-state index in [2.05, 4.69) is 10.4 Å². The number of aromatic nitrogens is 2. The third kappa shape index (κ3) is 4.93. The van der Waals surface area contributed by atoms with Crippen LogP contribution in [0.3, 0.4) is 0 Å². The van der Waals surface area contributed by atoms with Gasteiger partial charge in [0.25, 0.3) is 0 Å². The van der Waals surface area contributed by atoms with Crippen LogP contribution in [0.2, 0.25) is 0 Å². The first-order valence-corrected chi connectivity index (χ1v) is 5.46. The SMILES string of the molecule is CC(C)OC(=O)CNCCc1ccn(C)n1. The summed E-state index contributed by atoms with van der Waals surface area (Å²) in [5, 5.41) is 7.26. The normalized spacial score (nSPS) is 10.8. The summed E-state index contributed by atoms with van der Waals surface area (Å²) in [5.41, 5.74) is 1.02. The highest BCUT2D eigenvalue weighted by molar-refractivity contribution is 5.71. The topological polar surface area (TPSA) is 56.1 Å². The molecule has 0 saturated heterocycles. The fourth-order valence-electron chi connectivity index (χ4n) is 1.31. The van der Waals surface area contributed by atoms with Gasteiger partial charge >= 0.3 is 5.97 Å². The van der Waals surface area contributed by atoms with Gasteiger partial charge in [-0.15, -0.1) is 0 Å². The van der Waals surface area contributed by atoms with Gasteiger partial charge in [-0.2, -0.15) is 5.10 Å². The van der Waals surface area contributed by atoms with E-state index in [1.54, 1.807) is 4.68 Å². The molecule has 0 amide bonds. The average molecular weight is 225 g/mol. The van der Waals surface area contributed by atoms with Crippen LogP contribution >= 0.6 is 0 Å². The number of rotatable bonds is 6. The zero-order valence-electron chi connectivity index (χ0n) is 10.1. The Kier molecular flexibility index (Phi) is 4.98. The number of nitrogens with one attached hydrogen (secondary N) is 1. The van der Waals surface area contributed by atoms with Gasteiger partial charge < -0.3 is 10.1 Å². The molecule has 0 saturated carbocycles. The molecule has 0 spiro atoms. The van der Waals surface area contributed by atoms with Gasteiger partial charge in [-0.05, 0) is 19.9 Å². The number of ether oxygens (including phenoxy) is 1. The molecular formula is C11H19N3O2. The molecule has 1 rings (SSSR count). The Morgan fingerprint density at radius 1 is 1.62 bits per heavy atom. The molecule has 0 bridgehead atoms. The van der Waals surface area contributed by atoms with Crippen LogP contribution in [0, 0.1) is 0 Å². The number of aryl methyl sites for hydroxylation is 1. The van der Waals surface area contributed by atoms with Crippen molar-refractivity contribution in [2.24, 2.45) is 7.05 Å². The van der Waals surface area contributed by atoms with Gasteiger partial charge in [-0.25, -0.2) is 0 Å². The monoisotopic (exact) mass is 225 g/mol. The number of hydrogen-bond donors (Lipinski definition) is 1. The van der Waals surface area contributed by atoms with Crippen molar-refractivity contribution in [3.63, 3.8) is 0 Å². The Morgan fingerprint density at radius 3 is 2.94 bits per heavy atom. The van der Waals surface area contributed by atoms with E-state index in [9.17, 15) is 4.79 Å². The molecule has 0 radical (unpaired) electrons. The van der Waals surface area contributed by atoms with Gasteiger partial charge in [0.1, 0.15) is 0 Å². The molecule has 0 aromatic carbocycles. The van der Waals surface area contributed by atoms with Gasteiger partial charge in [-0.3, -0.25) is 9.48 Å². The van der Waals surface area contributed by atoms with Crippen LogP contribution in [0.5, 0.6) is 0 Å². The minimum Gasteiger partial charge on any atom is -0.462 e. The van der Waals surface area contributed by atoms with E-state index in [4.69, 9.17) is 4.74 Å². The average Bonchev–Trinajstić information content (AvgIpc) is 2.58. The highest BCUT2D eigenvalue weighted by Gasteiger charge is 2.04. The number of carbonyl (C=O) groups is 1. The largest absolute Gasteiger partial charge is 0.462 e. The zero-order chi connectivity index (χ0) is 12.0. The van der Waals surface area contributed by atoms with Gasteiger partial charge in [0.2, 0.25) is 0 Å². The van der Waals surface area contributed by atoms with Crippen molar-refractivity contribution in [2.75, 3.05) is 13.1 Å². The molecule has 5 heteroatoms. The smallest absolute Gasteiger partial charge is 0.320 e. The molecule has 1 heterocycles. The van der Waals surface area contributed by atoms with E-state index >= 15 is 0 Å². The molecule has 0 aliphatic heterocycles. The third-order valence-corrected chi connectivity index (χ3v) is 1.96. The fraction of sp³-hybridized carbons (Fsp3) is 0.636. The Morgan fingerprint density at radius 2 is 2.38 bits per heavy atom. The molecule has 1 aromatic heterocycles. The summed E-state index contributed by atoms with van der Waals surface area (Å²) in [6.45, 7) is 4.66. The summed E-state index contributed by atoms with van der Waals surface area (Å²) in [4.78, 5) is 11.2. The summed E-state index contributed by atoms with van der Waals surface area (Å²) in [6, 6.07) is 1.97. The second-order valence-electron chi connectivity index (χ2n) is 3.95. The van der Waals surface area contributed by atoms with E-state index < -0.39 is 0 Å². The minimum absolute atomic E-state index is 0.0508. The van der Waals surface area contributed by atoms with Crippen molar-refractivity contribution in [1.82, 2.24) is 15.1 Å². The molecule has 1 N–H and O–H groups in total. The Hall–Kier alpha value is -1.36. The van der Waals surface area contributed by atoms with Crippen molar-refractivity contribution in [3.05, 3.63) is 18.0 Å². The Labute approximate surface area is 95.8 Å². The Balaban J connectivity index is 2.10. The van der Waals surface area contributed by atoms with E-state index in [1.807, 2.05) is 33.2 Å². The predicted molar refractivity (Wildman–Crippen MR) is 61.0 cm³/mol. The fourth-order valence-corrected chi connectivity index (χ4v) is 1.31. The van der Waals surface area contributed by atoms with Crippen molar-refractivity contribution in [1.29, 1.82) is 0 Å². The maximum Gasteiger partial charge on any atom is 0.320 e. The molecule has 1 aromatic rings. The van der Waals surface area contributed by atoms with Crippen LogP contribution in [0.25, 0.3) is 0 Å². The lowest BCUT2D eigenvalue weighted by molar-refractivity contribution is -0.146. The number of hydrogen-bond acceptors (Lipinski definition) is 4. The van der Waals surface area contributed by atoms with E-state index in [-0.39, 0.29) is 18.6 Å². The molecule has 0 aliphatic carbocycles. The maximum absolute atomic E-state index is 11.2. The first-order valence-electron chi connectivity index (χ1n) is 5.46. The van der Waals surface area contributed by atoms with Crippen molar-refractivity contribution in [2.45, 2.75) is 26.4 Å². The second kappa shape index (κ2) is 6.27. The first kappa shape index (κ1) is 12.7. The van der Waals surface area contributed by atoms with Gasteiger partial charge in [0, 0.05) is 26.2 Å². The molecule has 16 heavy (non-hydrogen) atoms. The Bertz CT molecular complexity index is 334. The van der Waals surface area contributed by atoms with Crippen LogP contribution in [0.4, 0.5) is 0 Å². The second-order valence-corrected chi connectivity index (χ2v) is 3.95. The summed E-state index contributed by atoms with van der Waals surface area (Å²) >= 11 is 0. The van der Waals surface area contributed by atoms with Gasteiger partial charge in [0.15, 0.2) is 0 Å². The van der Waals surface area contributed by atoms with Crippen LogP contribution in [0.15, 0.2) is 12.3 Å². The van der Waals surface area contributed by atoms with Crippen molar-refractivity contribution >= 4 is 5.97 Å². The highest BCUT2D eigenvalue weighted by atomic mass is 16.5. The summed E-state index contributed by atoms with van der Waals surface area (Å²) < 4.78 is 6.75. The number of nitrogens with zero attached hydrogens (tertiary/aromatic N) is 2. The highest BCUT2D eigenvalue weighted by Crippen LogP contribution is 1.94. The minimum atomic E-state index is -0.212. The van der Waals surface area contributed by atoms with Crippen LogP contribution in [0.1, 0.15) is 19.5 Å². The first-order chi connectivity index (χ1) is 7.58. The quantitative estimate of drug-likeness (QED) is 0.566. The third-order valence-electron chi connectivity index (χ3n) is 1.96. The van der Waals surface area contributed by atoms with Crippen molar-refractivity contribution < 1.29 is 9.53 Å². The van der Waals surface area contributed by atoms with Crippen molar-refractivity contribution in [3.8, 4) is 0 Å². The van der Waals surface area contributed by atoms with E-state index in [1.165, 1.54) is 0 Å². The van der Waals surface area contributed by atoms with Crippen LogP contribution < -0.4 is 5.32 Å². The number of esters is 1. The summed E-state index contributed by atoms with van der Waals surface area (Å²) in [5.74, 6) is -0.212. The summed E-state index contributed by atoms with van der Waals surface area (Å²) in [7, 11) is 1.89. The molecular weight excluding hydrogens is 206 g/mol. The van der Waals surface area contributed by atoms with Crippen LogP contribution in [-0.4, -0.2) is 34.9 Å². The lowest BCUT2D eigenvalue weighted by atomic mass is 10.3. The van der Waals surface area contributed by atoms with Crippen LogP contribution in [-0.2, 0) is 23.0 Å². The lowest BCUT2D eigenvalue weighted by Gasteiger charge is -2.08. The predicted octanol–water partition coefficient (Wildman–Crippen LogP) is 0.504. The molecule has 0 fully saturated rings. The number of carbonyl (C=O) groups excluding carboxylic acids is 1. The molecule has 90 valence electrons. The zero-order valence-corrected chi connectivity index (χ0v) is 10.1. The molecule has 0 aliphatic rings. The van der Waals surface area contributed by atoms with Gasteiger partial charge in [0.05, 0.1) is 18.3 Å². The molecule has 0 unspecified atom stereocenters.